The molecule has 1 saturated heterocycles. The minimum Gasteiger partial charge on any atom is -0.391 e. The highest BCUT2D eigenvalue weighted by Gasteiger charge is 2.31. The van der Waals surface area contributed by atoms with Crippen molar-refractivity contribution in [2.75, 3.05) is 13.1 Å². The molecule has 3 rings (SSSR count). The van der Waals surface area contributed by atoms with Crippen LogP contribution in [0, 0.1) is 6.92 Å². The first kappa shape index (κ1) is 18.1. The second-order valence-corrected chi connectivity index (χ2v) is 7.42. The van der Waals surface area contributed by atoms with Gasteiger partial charge in [0.25, 0.3) is 5.56 Å². The summed E-state index contributed by atoms with van der Waals surface area (Å²) in [7, 11) is 0. The van der Waals surface area contributed by atoms with Gasteiger partial charge in [-0.1, -0.05) is 18.9 Å². The highest BCUT2D eigenvalue weighted by molar-refractivity contribution is 5.76. The van der Waals surface area contributed by atoms with Gasteiger partial charge in [0.1, 0.15) is 6.54 Å². The molecule has 138 valence electrons. The van der Waals surface area contributed by atoms with Crippen LogP contribution in [0.25, 0.3) is 0 Å². The molecule has 0 radical (unpaired) electrons. The van der Waals surface area contributed by atoms with Crippen molar-refractivity contribution >= 4 is 5.91 Å². The SMILES string of the molecule is Cc1cccn(CC(=O)NC2CCN(C3CCCCC3O)CC2)c1=O. The van der Waals surface area contributed by atoms with Gasteiger partial charge in [0.05, 0.1) is 6.10 Å². The van der Waals surface area contributed by atoms with Gasteiger partial charge in [-0.25, -0.2) is 0 Å². The van der Waals surface area contributed by atoms with Crippen LogP contribution in [0.1, 0.15) is 44.1 Å². The zero-order valence-corrected chi connectivity index (χ0v) is 15.0. The van der Waals surface area contributed by atoms with Gasteiger partial charge >= 0.3 is 0 Å². The van der Waals surface area contributed by atoms with Crippen molar-refractivity contribution in [2.24, 2.45) is 0 Å². The van der Waals surface area contributed by atoms with Gasteiger partial charge in [-0.2, -0.15) is 0 Å². The number of hydrogen-bond acceptors (Lipinski definition) is 4. The molecule has 2 atom stereocenters. The molecule has 2 heterocycles. The van der Waals surface area contributed by atoms with Crippen molar-refractivity contribution in [3.63, 3.8) is 0 Å². The molecule has 1 aromatic heterocycles. The molecule has 2 fully saturated rings. The molecule has 1 saturated carbocycles. The summed E-state index contributed by atoms with van der Waals surface area (Å²) >= 11 is 0. The van der Waals surface area contributed by atoms with Crippen LogP contribution in [-0.2, 0) is 11.3 Å². The minimum atomic E-state index is -0.201. The molecule has 0 spiro atoms. The second kappa shape index (κ2) is 8.15. The second-order valence-electron chi connectivity index (χ2n) is 7.42. The summed E-state index contributed by atoms with van der Waals surface area (Å²) in [6.45, 7) is 3.66. The standard InChI is InChI=1S/C19H29N3O3/c1-14-5-4-10-22(19(14)25)13-18(24)20-15-8-11-21(12-9-15)16-6-2-3-7-17(16)23/h4-5,10,15-17,23H,2-3,6-9,11-13H2,1H3,(H,20,24). The number of aliphatic hydroxyl groups is 1. The van der Waals surface area contributed by atoms with Crippen molar-refractivity contribution in [1.82, 2.24) is 14.8 Å². The van der Waals surface area contributed by atoms with Gasteiger partial charge in [0.2, 0.25) is 5.91 Å². The average molecular weight is 347 g/mol. The molecule has 0 aromatic carbocycles. The molecule has 6 nitrogen and oxygen atoms in total. The van der Waals surface area contributed by atoms with Gasteiger partial charge in [-0.05, 0) is 38.7 Å². The molecular formula is C19H29N3O3. The number of rotatable bonds is 4. The van der Waals surface area contributed by atoms with Crippen LogP contribution in [0.15, 0.2) is 23.1 Å². The van der Waals surface area contributed by atoms with Crippen LogP contribution in [0.3, 0.4) is 0 Å². The van der Waals surface area contributed by atoms with Gasteiger partial charge in [-0.3, -0.25) is 14.5 Å². The number of piperidine rings is 1. The lowest BCUT2D eigenvalue weighted by Gasteiger charge is -2.41. The number of aliphatic hydroxyl groups excluding tert-OH is 1. The first-order chi connectivity index (χ1) is 12.0. The van der Waals surface area contributed by atoms with Crippen LogP contribution >= 0.6 is 0 Å². The van der Waals surface area contributed by atoms with Crippen molar-refractivity contribution in [1.29, 1.82) is 0 Å². The maximum Gasteiger partial charge on any atom is 0.253 e. The fourth-order valence-electron chi connectivity index (χ4n) is 4.10. The topological polar surface area (TPSA) is 74.6 Å². The Labute approximate surface area is 148 Å². The van der Waals surface area contributed by atoms with E-state index < -0.39 is 0 Å². The molecule has 2 unspecified atom stereocenters. The lowest BCUT2D eigenvalue weighted by molar-refractivity contribution is -0.122. The minimum absolute atomic E-state index is 0.0715. The Morgan fingerprint density at radius 1 is 1.24 bits per heavy atom. The van der Waals surface area contributed by atoms with E-state index in [-0.39, 0.29) is 36.2 Å². The first-order valence-corrected chi connectivity index (χ1v) is 9.42. The summed E-state index contributed by atoms with van der Waals surface area (Å²) in [4.78, 5) is 26.6. The Morgan fingerprint density at radius 2 is 1.96 bits per heavy atom. The van der Waals surface area contributed by atoms with E-state index in [0.717, 1.165) is 45.2 Å². The zero-order chi connectivity index (χ0) is 17.8. The van der Waals surface area contributed by atoms with Gasteiger partial charge in [0.15, 0.2) is 0 Å². The van der Waals surface area contributed by atoms with E-state index in [1.165, 1.54) is 11.0 Å². The molecule has 1 aliphatic heterocycles. The number of carbonyl (C=O) groups is 1. The number of nitrogens with zero attached hydrogens (tertiary/aromatic N) is 2. The van der Waals surface area contributed by atoms with E-state index in [2.05, 4.69) is 10.2 Å². The number of pyridine rings is 1. The third kappa shape index (κ3) is 4.50. The first-order valence-electron chi connectivity index (χ1n) is 9.42. The van der Waals surface area contributed by atoms with Crippen LogP contribution in [0.2, 0.25) is 0 Å². The van der Waals surface area contributed by atoms with E-state index in [1.807, 2.05) is 0 Å². The molecule has 2 aliphatic rings. The lowest BCUT2D eigenvalue weighted by Crippen LogP contribution is -2.52. The molecule has 0 bridgehead atoms. The van der Waals surface area contributed by atoms with Crippen molar-refractivity contribution < 1.29 is 9.90 Å². The normalized spacial score (nSPS) is 25.7. The van der Waals surface area contributed by atoms with Crippen LogP contribution < -0.4 is 10.9 Å². The van der Waals surface area contributed by atoms with Crippen LogP contribution in [0.4, 0.5) is 0 Å². The summed E-state index contributed by atoms with van der Waals surface area (Å²) in [6, 6.07) is 3.99. The number of aryl methyl sites for hydroxylation is 1. The largest absolute Gasteiger partial charge is 0.391 e. The van der Waals surface area contributed by atoms with E-state index >= 15 is 0 Å². The summed E-state index contributed by atoms with van der Waals surface area (Å²) < 4.78 is 1.46. The fourth-order valence-corrected chi connectivity index (χ4v) is 4.10. The lowest BCUT2D eigenvalue weighted by atomic mass is 9.89. The fraction of sp³-hybridized carbons (Fsp3) is 0.684. The quantitative estimate of drug-likeness (QED) is 0.853. The predicted molar refractivity (Wildman–Crippen MR) is 96.4 cm³/mol. The molecule has 6 heteroatoms. The van der Waals surface area contributed by atoms with Crippen molar-refractivity contribution in [3.8, 4) is 0 Å². The number of amides is 1. The van der Waals surface area contributed by atoms with Gasteiger partial charge in [0, 0.05) is 36.9 Å². The molecule has 1 aromatic rings. The third-order valence-corrected chi connectivity index (χ3v) is 5.58. The summed E-state index contributed by atoms with van der Waals surface area (Å²) in [5, 5.41) is 13.3. The number of aromatic nitrogens is 1. The Balaban J connectivity index is 1.48. The van der Waals surface area contributed by atoms with Crippen LogP contribution in [0.5, 0.6) is 0 Å². The number of carbonyl (C=O) groups excluding carboxylic acids is 1. The maximum absolute atomic E-state index is 12.3. The molecule has 1 amide bonds. The molecular weight excluding hydrogens is 318 g/mol. The third-order valence-electron chi connectivity index (χ3n) is 5.58. The Morgan fingerprint density at radius 3 is 2.68 bits per heavy atom. The summed E-state index contributed by atoms with van der Waals surface area (Å²) in [5.74, 6) is -0.108. The highest BCUT2D eigenvalue weighted by Crippen LogP contribution is 2.25. The molecule has 1 aliphatic carbocycles. The maximum atomic E-state index is 12.3. The predicted octanol–water partition coefficient (Wildman–Crippen LogP) is 1.04. The Hall–Kier alpha value is -1.66. The summed E-state index contributed by atoms with van der Waals surface area (Å²) in [5.41, 5.74) is 0.536. The van der Waals surface area contributed by atoms with Crippen molar-refractivity contribution in [3.05, 3.63) is 34.2 Å². The number of hydrogen-bond donors (Lipinski definition) is 2. The monoisotopic (exact) mass is 347 g/mol. The highest BCUT2D eigenvalue weighted by atomic mass is 16.3. The smallest absolute Gasteiger partial charge is 0.253 e. The van der Waals surface area contributed by atoms with E-state index in [9.17, 15) is 14.7 Å². The Kier molecular flexibility index (Phi) is 5.91. The molecule has 2 N–H and O–H groups in total. The average Bonchev–Trinajstić information content (AvgIpc) is 2.60. The van der Waals surface area contributed by atoms with Gasteiger partial charge in [-0.15, -0.1) is 0 Å². The number of nitrogens with one attached hydrogen (secondary N) is 1. The van der Waals surface area contributed by atoms with E-state index in [0.29, 0.717) is 5.56 Å². The molecule has 25 heavy (non-hydrogen) atoms. The summed E-state index contributed by atoms with van der Waals surface area (Å²) in [6.07, 6.45) is 7.57. The zero-order valence-electron chi connectivity index (χ0n) is 15.0. The van der Waals surface area contributed by atoms with Gasteiger partial charge < -0.3 is 15.0 Å². The van der Waals surface area contributed by atoms with Crippen molar-refractivity contribution in [2.45, 2.75) is 70.2 Å². The van der Waals surface area contributed by atoms with Crippen LogP contribution in [-0.4, -0.2) is 51.8 Å². The number of likely N-dealkylation sites (tertiary alicyclic amines) is 1. The Bertz CT molecular complexity index is 650. The van der Waals surface area contributed by atoms with E-state index in [1.54, 1.807) is 25.3 Å². The van der Waals surface area contributed by atoms with E-state index in [4.69, 9.17) is 0 Å².